The van der Waals surface area contributed by atoms with Crippen LogP contribution >= 0.6 is 12.6 Å². The zero-order chi connectivity index (χ0) is 11.4. The maximum atomic E-state index is 11.5. The number of carbonyl (C=O) groups is 2. The van der Waals surface area contributed by atoms with Crippen LogP contribution < -0.4 is 5.32 Å². The third-order valence-electron chi connectivity index (χ3n) is 1.53. The normalized spacial score (nSPS) is 13.6. The minimum Gasteiger partial charge on any atom is -0.461 e. The number of hydrogen-bond donors (Lipinski definition) is 2. The Morgan fingerprint density at radius 1 is 1.50 bits per heavy atom. The molecule has 5 heteroatoms. The average molecular weight is 219 g/mol. The molecule has 14 heavy (non-hydrogen) atoms. The van der Waals surface area contributed by atoms with Crippen LogP contribution in [-0.4, -0.2) is 29.3 Å². The molecule has 0 aromatic carbocycles. The van der Waals surface area contributed by atoms with Crippen LogP contribution in [0.15, 0.2) is 0 Å². The summed E-state index contributed by atoms with van der Waals surface area (Å²) < 4.78 is 4.34. The quantitative estimate of drug-likeness (QED) is 0.408. The van der Waals surface area contributed by atoms with Gasteiger partial charge < -0.3 is 10.1 Å². The second-order valence-corrected chi connectivity index (χ2v) is 5.01. The summed E-state index contributed by atoms with van der Waals surface area (Å²) in [4.78, 5) is 21.8. The Morgan fingerprint density at radius 2 is 2.00 bits per heavy atom. The van der Waals surface area contributed by atoms with Crippen LogP contribution in [0.2, 0.25) is 0 Å². The van der Waals surface area contributed by atoms with Gasteiger partial charge in [0, 0.05) is 4.75 Å². The molecular weight excluding hydrogens is 202 g/mol. The van der Waals surface area contributed by atoms with Gasteiger partial charge in [-0.25, -0.2) is 4.79 Å². The van der Waals surface area contributed by atoms with Gasteiger partial charge in [0.15, 0.2) is 0 Å². The third kappa shape index (κ3) is 4.50. The van der Waals surface area contributed by atoms with Gasteiger partial charge in [0.1, 0.15) is 6.04 Å². The lowest BCUT2D eigenvalue weighted by Crippen LogP contribution is -2.50. The summed E-state index contributed by atoms with van der Waals surface area (Å²) >= 11 is 4.22. The van der Waals surface area contributed by atoms with Crippen LogP contribution in [0.4, 0.5) is 0 Å². The first kappa shape index (κ1) is 13.3. The Kier molecular flexibility index (Phi) is 4.97. The maximum Gasteiger partial charge on any atom is 0.330 e. The smallest absolute Gasteiger partial charge is 0.330 e. The molecule has 0 aliphatic heterocycles. The van der Waals surface area contributed by atoms with Crippen LogP contribution in [0.5, 0.6) is 0 Å². The molecule has 0 heterocycles. The van der Waals surface area contributed by atoms with Gasteiger partial charge in [-0.1, -0.05) is 0 Å². The van der Waals surface area contributed by atoms with Gasteiger partial charge in [0.2, 0.25) is 6.41 Å². The minimum absolute atomic E-state index is 0.200. The number of amides is 1. The first-order valence-corrected chi connectivity index (χ1v) is 4.86. The highest BCUT2D eigenvalue weighted by atomic mass is 32.1. The van der Waals surface area contributed by atoms with E-state index >= 15 is 0 Å². The molecule has 4 nitrogen and oxygen atoms in total. The van der Waals surface area contributed by atoms with Crippen LogP contribution in [0.3, 0.4) is 0 Å². The van der Waals surface area contributed by atoms with Crippen molar-refractivity contribution in [3.05, 3.63) is 0 Å². The van der Waals surface area contributed by atoms with E-state index in [1.165, 1.54) is 0 Å². The fraction of sp³-hybridized carbons (Fsp3) is 0.778. The van der Waals surface area contributed by atoms with Gasteiger partial charge in [-0.3, -0.25) is 4.79 Å². The lowest BCUT2D eigenvalue weighted by Gasteiger charge is -2.27. The van der Waals surface area contributed by atoms with E-state index in [9.17, 15) is 9.59 Å². The van der Waals surface area contributed by atoms with Gasteiger partial charge >= 0.3 is 5.97 Å². The van der Waals surface area contributed by atoms with Crippen LogP contribution in [-0.2, 0) is 14.3 Å². The highest BCUT2D eigenvalue weighted by molar-refractivity contribution is 7.81. The SMILES string of the molecule is CC(C)OC(=O)[C@H](NC=O)C(C)(C)S. The van der Waals surface area contributed by atoms with E-state index in [1.807, 2.05) is 0 Å². The molecule has 0 saturated carbocycles. The van der Waals surface area contributed by atoms with Crippen molar-refractivity contribution in [3.63, 3.8) is 0 Å². The Hall–Kier alpha value is -0.710. The van der Waals surface area contributed by atoms with E-state index in [-0.39, 0.29) is 6.10 Å². The summed E-state index contributed by atoms with van der Waals surface area (Å²) in [5, 5.41) is 2.40. The van der Waals surface area contributed by atoms with Crippen molar-refractivity contribution in [1.82, 2.24) is 5.32 Å². The summed E-state index contributed by atoms with van der Waals surface area (Å²) in [6.45, 7) is 6.97. The predicted molar refractivity (Wildman–Crippen MR) is 57.3 cm³/mol. The van der Waals surface area contributed by atoms with Crippen molar-refractivity contribution in [2.24, 2.45) is 0 Å². The molecule has 0 spiro atoms. The van der Waals surface area contributed by atoms with Gasteiger partial charge in [-0.2, -0.15) is 12.6 Å². The Morgan fingerprint density at radius 3 is 2.29 bits per heavy atom. The van der Waals surface area contributed by atoms with Crippen molar-refractivity contribution in [2.45, 2.75) is 44.6 Å². The standard InChI is InChI=1S/C9H17NO3S/c1-6(2)13-8(12)7(10-5-11)9(3,4)14/h5-7,14H,1-4H3,(H,10,11)/t7-/m0/s1. The molecule has 0 saturated heterocycles. The summed E-state index contributed by atoms with van der Waals surface area (Å²) in [6.07, 6.45) is 0.277. The molecule has 0 fully saturated rings. The molecule has 0 radical (unpaired) electrons. The van der Waals surface area contributed by atoms with Gasteiger partial charge in [0.05, 0.1) is 6.10 Å². The lowest BCUT2D eigenvalue weighted by atomic mass is 10.0. The summed E-state index contributed by atoms with van der Waals surface area (Å²) in [5.41, 5.74) is 0. The zero-order valence-electron chi connectivity index (χ0n) is 8.90. The number of ether oxygens (including phenoxy) is 1. The average Bonchev–Trinajstić information content (AvgIpc) is 1.96. The molecule has 0 aromatic rings. The molecule has 0 rings (SSSR count). The second-order valence-electron chi connectivity index (χ2n) is 3.86. The van der Waals surface area contributed by atoms with E-state index in [0.717, 1.165) is 0 Å². The van der Waals surface area contributed by atoms with E-state index < -0.39 is 16.8 Å². The van der Waals surface area contributed by atoms with Gasteiger partial charge in [0.25, 0.3) is 0 Å². The molecule has 82 valence electrons. The number of carbonyl (C=O) groups excluding carboxylic acids is 2. The van der Waals surface area contributed by atoms with Crippen LogP contribution in [0.25, 0.3) is 0 Å². The Labute approximate surface area is 89.8 Å². The first-order valence-electron chi connectivity index (χ1n) is 4.41. The highest BCUT2D eigenvalue weighted by Crippen LogP contribution is 2.18. The minimum atomic E-state index is -0.731. The van der Waals surface area contributed by atoms with Crippen molar-refractivity contribution in [1.29, 1.82) is 0 Å². The predicted octanol–water partition coefficient (Wildman–Crippen LogP) is 0.761. The van der Waals surface area contributed by atoms with E-state index in [4.69, 9.17) is 4.74 Å². The van der Waals surface area contributed by atoms with Crippen molar-refractivity contribution >= 4 is 25.0 Å². The summed E-state index contributed by atoms with van der Waals surface area (Å²) in [5.74, 6) is -0.466. The monoisotopic (exact) mass is 219 g/mol. The first-order chi connectivity index (χ1) is 6.29. The molecule has 0 aliphatic rings. The largest absolute Gasteiger partial charge is 0.461 e. The molecule has 1 atom stereocenters. The molecule has 0 unspecified atom stereocenters. The van der Waals surface area contributed by atoms with Gasteiger partial charge in [-0.15, -0.1) is 0 Å². The summed E-state index contributed by atoms with van der Waals surface area (Å²) in [6, 6.07) is -0.731. The zero-order valence-corrected chi connectivity index (χ0v) is 9.80. The van der Waals surface area contributed by atoms with E-state index in [1.54, 1.807) is 27.7 Å². The van der Waals surface area contributed by atoms with E-state index in [2.05, 4.69) is 17.9 Å². The fourth-order valence-electron chi connectivity index (χ4n) is 0.929. The topological polar surface area (TPSA) is 55.4 Å². The number of hydrogen-bond acceptors (Lipinski definition) is 4. The molecule has 0 aromatic heterocycles. The molecule has 1 N–H and O–H groups in total. The van der Waals surface area contributed by atoms with Crippen LogP contribution in [0.1, 0.15) is 27.7 Å². The highest BCUT2D eigenvalue weighted by Gasteiger charge is 2.33. The molecule has 0 aliphatic carbocycles. The second kappa shape index (κ2) is 5.24. The third-order valence-corrected chi connectivity index (χ3v) is 1.79. The number of thiol groups is 1. The van der Waals surface area contributed by atoms with Gasteiger partial charge in [-0.05, 0) is 27.7 Å². The van der Waals surface area contributed by atoms with Crippen molar-refractivity contribution < 1.29 is 14.3 Å². The Bertz CT molecular complexity index is 211. The molecular formula is C9H17NO3S. The number of esters is 1. The fourth-order valence-corrected chi connectivity index (χ4v) is 1.11. The summed E-state index contributed by atoms with van der Waals surface area (Å²) in [7, 11) is 0. The van der Waals surface area contributed by atoms with Crippen LogP contribution in [0, 0.1) is 0 Å². The van der Waals surface area contributed by atoms with Crippen molar-refractivity contribution in [2.75, 3.05) is 0 Å². The number of rotatable bonds is 5. The lowest BCUT2D eigenvalue weighted by molar-refractivity contribution is -0.151. The van der Waals surface area contributed by atoms with E-state index in [0.29, 0.717) is 6.41 Å². The Balaban J connectivity index is 4.49. The maximum absolute atomic E-state index is 11.5. The molecule has 0 bridgehead atoms. The number of nitrogens with one attached hydrogen (secondary N) is 1. The molecule has 1 amide bonds. The van der Waals surface area contributed by atoms with Crippen molar-refractivity contribution in [3.8, 4) is 0 Å².